The number of rotatable bonds is 5. The fourth-order valence-corrected chi connectivity index (χ4v) is 1.88. The lowest BCUT2D eigenvalue weighted by molar-refractivity contribution is 0.188. The molecule has 0 aliphatic rings. The standard InChI is InChI=1S/C13H20N4O.C2H6/c1-5-10-11-13(16-12(15-10)9(2)3)17(8-14-11)6-7-18-4;1-2/h8-9H,5-7H2,1-4H3;1-2H3. The molecule has 5 heteroatoms. The summed E-state index contributed by atoms with van der Waals surface area (Å²) in [7, 11) is 1.70. The summed E-state index contributed by atoms with van der Waals surface area (Å²) < 4.78 is 7.14. The molecule has 0 atom stereocenters. The molecule has 2 aromatic rings. The number of nitrogens with zero attached hydrogens (tertiary/aromatic N) is 4. The van der Waals surface area contributed by atoms with Crippen LogP contribution >= 0.6 is 0 Å². The van der Waals surface area contributed by atoms with E-state index in [1.165, 1.54) is 0 Å². The third kappa shape index (κ3) is 3.54. The number of imidazole rings is 1. The molecule has 0 bridgehead atoms. The number of aromatic nitrogens is 4. The van der Waals surface area contributed by atoms with Gasteiger partial charge in [0.05, 0.1) is 18.6 Å². The predicted octanol–water partition coefficient (Wildman–Crippen LogP) is 3.18. The van der Waals surface area contributed by atoms with Crippen LogP contribution in [0.4, 0.5) is 0 Å². The highest BCUT2D eigenvalue weighted by Crippen LogP contribution is 2.18. The maximum atomic E-state index is 5.11. The fraction of sp³-hybridized carbons (Fsp3) is 0.667. The molecule has 112 valence electrons. The van der Waals surface area contributed by atoms with Gasteiger partial charge >= 0.3 is 0 Å². The number of hydrogen-bond acceptors (Lipinski definition) is 4. The van der Waals surface area contributed by atoms with Crippen molar-refractivity contribution in [3.05, 3.63) is 17.8 Å². The summed E-state index contributed by atoms with van der Waals surface area (Å²) in [5.74, 6) is 1.21. The van der Waals surface area contributed by atoms with E-state index in [0.29, 0.717) is 12.5 Å². The van der Waals surface area contributed by atoms with Crippen LogP contribution in [0.3, 0.4) is 0 Å². The zero-order chi connectivity index (χ0) is 15.1. The molecule has 0 fully saturated rings. The van der Waals surface area contributed by atoms with Gasteiger partial charge in [0, 0.05) is 19.6 Å². The number of aryl methyl sites for hydroxylation is 1. The van der Waals surface area contributed by atoms with Gasteiger partial charge < -0.3 is 9.30 Å². The Balaban J connectivity index is 0.000000956. The second-order valence-electron chi connectivity index (χ2n) is 4.64. The summed E-state index contributed by atoms with van der Waals surface area (Å²) in [6.45, 7) is 11.7. The quantitative estimate of drug-likeness (QED) is 0.843. The second kappa shape index (κ2) is 7.94. The molecule has 0 saturated heterocycles. The third-order valence-corrected chi connectivity index (χ3v) is 2.94. The number of methoxy groups -OCH3 is 1. The van der Waals surface area contributed by atoms with Crippen molar-refractivity contribution in [1.29, 1.82) is 0 Å². The summed E-state index contributed by atoms with van der Waals surface area (Å²) in [5, 5.41) is 0. The average Bonchev–Trinajstić information content (AvgIpc) is 2.89. The largest absolute Gasteiger partial charge is 0.383 e. The summed E-state index contributed by atoms with van der Waals surface area (Å²) >= 11 is 0. The van der Waals surface area contributed by atoms with E-state index in [0.717, 1.165) is 35.6 Å². The second-order valence-corrected chi connectivity index (χ2v) is 4.64. The molecule has 0 amide bonds. The lowest BCUT2D eigenvalue weighted by atomic mass is 10.2. The van der Waals surface area contributed by atoms with E-state index >= 15 is 0 Å². The summed E-state index contributed by atoms with van der Waals surface area (Å²) in [6, 6.07) is 0. The van der Waals surface area contributed by atoms with Crippen LogP contribution in [0.25, 0.3) is 11.2 Å². The average molecular weight is 278 g/mol. The van der Waals surface area contributed by atoms with Gasteiger partial charge in [-0.3, -0.25) is 0 Å². The Bertz CT molecular complexity index is 534. The monoisotopic (exact) mass is 278 g/mol. The van der Waals surface area contributed by atoms with E-state index in [1.807, 2.05) is 24.7 Å². The van der Waals surface area contributed by atoms with Crippen molar-refractivity contribution in [3.63, 3.8) is 0 Å². The van der Waals surface area contributed by atoms with Gasteiger partial charge in [-0.1, -0.05) is 34.6 Å². The van der Waals surface area contributed by atoms with Crippen LogP contribution in [0.2, 0.25) is 0 Å². The molecule has 0 aromatic carbocycles. The molecular weight excluding hydrogens is 252 g/mol. The first-order valence-corrected chi connectivity index (χ1v) is 7.38. The maximum Gasteiger partial charge on any atom is 0.163 e. The van der Waals surface area contributed by atoms with Crippen LogP contribution in [-0.2, 0) is 17.7 Å². The summed E-state index contributed by atoms with van der Waals surface area (Å²) in [5.41, 5.74) is 2.86. The predicted molar refractivity (Wildman–Crippen MR) is 82.0 cm³/mol. The smallest absolute Gasteiger partial charge is 0.163 e. The Morgan fingerprint density at radius 2 is 1.95 bits per heavy atom. The first kappa shape index (κ1) is 16.6. The molecule has 20 heavy (non-hydrogen) atoms. The van der Waals surface area contributed by atoms with Crippen LogP contribution in [0.5, 0.6) is 0 Å². The highest BCUT2D eigenvalue weighted by atomic mass is 16.5. The Hall–Kier alpha value is -1.49. The van der Waals surface area contributed by atoms with Crippen LogP contribution in [0.1, 0.15) is 52.1 Å². The lowest BCUT2D eigenvalue weighted by Gasteiger charge is -2.08. The van der Waals surface area contributed by atoms with Gasteiger partial charge in [-0.05, 0) is 6.42 Å². The van der Waals surface area contributed by atoms with Gasteiger partial charge in [0.25, 0.3) is 0 Å². The van der Waals surface area contributed by atoms with Crippen LogP contribution in [0, 0.1) is 0 Å². The van der Waals surface area contributed by atoms with E-state index in [-0.39, 0.29) is 0 Å². The highest BCUT2D eigenvalue weighted by molar-refractivity contribution is 5.73. The minimum Gasteiger partial charge on any atom is -0.383 e. The molecule has 2 aromatic heterocycles. The molecule has 0 spiro atoms. The van der Waals surface area contributed by atoms with Crippen molar-refractivity contribution in [2.24, 2.45) is 0 Å². The van der Waals surface area contributed by atoms with Crippen LogP contribution in [0.15, 0.2) is 6.33 Å². The zero-order valence-electron chi connectivity index (χ0n) is 13.5. The molecule has 0 aliphatic carbocycles. The first-order chi connectivity index (χ1) is 9.67. The van der Waals surface area contributed by atoms with E-state index < -0.39 is 0 Å². The Kier molecular flexibility index (Phi) is 6.58. The van der Waals surface area contributed by atoms with Gasteiger partial charge in [0.1, 0.15) is 11.3 Å². The van der Waals surface area contributed by atoms with Gasteiger partial charge in [-0.2, -0.15) is 0 Å². The Labute approximate surface area is 121 Å². The minimum absolute atomic E-state index is 0.325. The third-order valence-electron chi connectivity index (χ3n) is 2.94. The number of fused-ring (bicyclic) bond motifs is 1. The molecule has 2 rings (SSSR count). The molecule has 2 heterocycles. The lowest BCUT2D eigenvalue weighted by Crippen LogP contribution is -2.07. The molecule has 0 saturated carbocycles. The molecule has 0 radical (unpaired) electrons. The van der Waals surface area contributed by atoms with Crippen molar-refractivity contribution in [1.82, 2.24) is 19.5 Å². The topological polar surface area (TPSA) is 52.8 Å². The van der Waals surface area contributed by atoms with Gasteiger partial charge in [0.2, 0.25) is 0 Å². The highest BCUT2D eigenvalue weighted by Gasteiger charge is 2.13. The maximum absolute atomic E-state index is 5.11. The molecule has 0 aliphatic heterocycles. The van der Waals surface area contributed by atoms with E-state index in [4.69, 9.17) is 4.74 Å². The van der Waals surface area contributed by atoms with Crippen molar-refractivity contribution in [2.75, 3.05) is 13.7 Å². The van der Waals surface area contributed by atoms with Gasteiger partial charge in [-0.25, -0.2) is 15.0 Å². The van der Waals surface area contributed by atoms with Crippen molar-refractivity contribution in [2.45, 2.75) is 53.5 Å². The molecular formula is C15H26N4O. The van der Waals surface area contributed by atoms with E-state index in [2.05, 4.69) is 35.7 Å². The van der Waals surface area contributed by atoms with Crippen LogP contribution < -0.4 is 0 Å². The minimum atomic E-state index is 0.325. The van der Waals surface area contributed by atoms with Gasteiger partial charge in [-0.15, -0.1) is 0 Å². The van der Waals surface area contributed by atoms with E-state index in [9.17, 15) is 0 Å². The number of hydrogen-bond donors (Lipinski definition) is 0. The molecule has 5 nitrogen and oxygen atoms in total. The number of ether oxygens (including phenoxy) is 1. The Morgan fingerprint density at radius 1 is 1.25 bits per heavy atom. The van der Waals surface area contributed by atoms with Crippen molar-refractivity contribution in [3.8, 4) is 0 Å². The summed E-state index contributed by atoms with van der Waals surface area (Å²) in [4.78, 5) is 13.6. The van der Waals surface area contributed by atoms with Crippen molar-refractivity contribution < 1.29 is 4.74 Å². The van der Waals surface area contributed by atoms with Gasteiger partial charge in [0.15, 0.2) is 5.65 Å². The van der Waals surface area contributed by atoms with E-state index in [1.54, 1.807) is 7.11 Å². The zero-order valence-corrected chi connectivity index (χ0v) is 13.5. The molecule has 0 N–H and O–H groups in total. The molecule has 0 unspecified atom stereocenters. The fourth-order valence-electron chi connectivity index (χ4n) is 1.88. The summed E-state index contributed by atoms with van der Waals surface area (Å²) in [6.07, 6.45) is 2.70. The van der Waals surface area contributed by atoms with Crippen molar-refractivity contribution >= 4 is 11.2 Å². The Morgan fingerprint density at radius 3 is 2.50 bits per heavy atom. The first-order valence-electron chi connectivity index (χ1n) is 7.38. The SMILES string of the molecule is CC.CCc1nc(C(C)C)nc2c1ncn2CCOC. The van der Waals surface area contributed by atoms with Crippen LogP contribution in [-0.4, -0.2) is 33.2 Å². The normalized spacial score (nSPS) is 10.8.